The topological polar surface area (TPSA) is 74.0 Å². The Balaban J connectivity index is 3.43. The second-order valence-corrected chi connectivity index (χ2v) is 2.18. The van der Waals surface area contributed by atoms with Crippen LogP contribution >= 0.6 is 0 Å². The van der Waals surface area contributed by atoms with Crippen molar-refractivity contribution in [2.75, 3.05) is 0 Å². The molecule has 0 aliphatic carbocycles. The third-order valence-corrected chi connectivity index (χ3v) is 1.39. The Morgan fingerprint density at radius 3 is 2.83 bits per heavy atom. The highest BCUT2D eigenvalue weighted by Crippen LogP contribution is 1.71. The maximum Gasteiger partial charge on any atom is 0.338 e. The van der Waals surface area contributed by atoms with Gasteiger partial charge in [0.1, 0.15) is 12.6 Å². The van der Waals surface area contributed by atoms with Gasteiger partial charge in [-0.1, -0.05) is 0 Å². The van der Waals surface area contributed by atoms with Gasteiger partial charge in [-0.25, -0.2) is 4.68 Å². The van der Waals surface area contributed by atoms with Gasteiger partial charge in [0.2, 0.25) is 0 Å². The Hall–Kier alpha value is -1.72. The van der Waals surface area contributed by atoms with Crippen LogP contribution in [-0.4, -0.2) is 20.6 Å². The van der Waals surface area contributed by atoms with E-state index in [9.17, 15) is 14.4 Å². The third kappa shape index (κ3) is 1.31. The van der Waals surface area contributed by atoms with E-state index >= 15 is 0 Å². The molecular formula is C6H7N3O3. The van der Waals surface area contributed by atoms with Gasteiger partial charge in [0.25, 0.3) is 0 Å². The molecule has 1 aromatic rings. The highest BCUT2D eigenvalue weighted by Gasteiger charge is 2.01. The largest absolute Gasteiger partial charge is 0.338 e. The van der Waals surface area contributed by atoms with Crippen molar-refractivity contribution >= 4 is 6.29 Å². The molecule has 0 aromatic carbocycles. The van der Waals surface area contributed by atoms with Gasteiger partial charge in [-0.2, -0.15) is 4.98 Å². The van der Waals surface area contributed by atoms with Crippen LogP contribution in [0.2, 0.25) is 0 Å². The second-order valence-electron chi connectivity index (χ2n) is 2.18. The van der Waals surface area contributed by atoms with Crippen LogP contribution in [0.5, 0.6) is 0 Å². The zero-order valence-corrected chi connectivity index (χ0v) is 6.43. The lowest BCUT2D eigenvalue weighted by atomic mass is 10.7. The van der Waals surface area contributed by atoms with Crippen molar-refractivity contribution in [3.05, 3.63) is 27.0 Å². The molecule has 0 spiro atoms. The van der Waals surface area contributed by atoms with E-state index in [0.717, 1.165) is 4.68 Å². The van der Waals surface area contributed by atoms with Crippen molar-refractivity contribution in [3.63, 3.8) is 0 Å². The highest BCUT2D eigenvalue weighted by molar-refractivity contribution is 5.48. The van der Waals surface area contributed by atoms with Crippen LogP contribution < -0.4 is 11.1 Å². The van der Waals surface area contributed by atoms with Gasteiger partial charge in [-0.15, -0.1) is 0 Å². The quantitative estimate of drug-likeness (QED) is 0.384. The fourth-order valence-electron chi connectivity index (χ4n) is 0.790. The molecule has 1 rings (SSSR count). The number of hydrogen-bond donors (Lipinski definition) is 0. The lowest BCUT2D eigenvalue weighted by Crippen LogP contribution is -2.40. The Morgan fingerprint density at radius 1 is 1.58 bits per heavy atom. The van der Waals surface area contributed by atoms with Gasteiger partial charge in [0, 0.05) is 7.05 Å². The SMILES string of the molecule is Cn1cnc(=O)c(=O)n1CC=O. The number of aryl methyl sites for hydroxylation is 1. The van der Waals surface area contributed by atoms with Crippen LogP contribution in [0, 0.1) is 0 Å². The van der Waals surface area contributed by atoms with Gasteiger partial charge in [0.05, 0.1) is 6.54 Å². The molecule has 64 valence electrons. The maximum atomic E-state index is 11.0. The first-order valence-corrected chi connectivity index (χ1v) is 3.23. The summed E-state index contributed by atoms with van der Waals surface area (Å²) in [5.74, 6) is 0. The van der Waals surface area contributed by atoms with Crippen molar-refractivity contribution in [1.29, 1.82) is 0 Å². The fourth-order valence-corrected chi connectivity index (χ4v) is 0.790. The highest BCUT2D eigenvalue weighted by atomic mass is 16.2. The number of aromatic nitrogens is 3. The van der Waals surface area contributed by atoms with Crippen molar-refractivity contribution < 1.29 is 4.79 Å². The van der Waals surface area contributed by atoms with E-state index in [1.807, 2.05) is 0 Å². The van der Waals surface area contributed by atoms with E-state index in [0.29, 0.717) is 6.29 Å². The van der Waals surface area contributed by atoms with Gasteiger partial charge in [-0.05, 0) is 0 Å². The minimum absolute atomic E-state index is 0.132. The molecule has 0 radical (unpaired) electrons. The molecule has 0 unspecified atom stereocenters. The molecular weight excluding hydrogens is 162 g/mol. The average molecular weight is 169 g/mol. The monoisotopic (exact) mass is 169 g/mol. The summed E-state index contributed by atoms with van der Waals surface area (Å²) < 4.78 is 2.29. The molecule has 0 atom stereocenters. The summed E-state index contributed by atoms with van der Waals surface area (Å²) in [6.07, 6.45) is 1.73. The molecule has 12 heavy (non-hydrogen) atoms. The number of aldehydes is 1. The predicted molar refractivity (Wildman–Crippen MR) is 39.8 cm³/mol. The minimum atomic E-state index is -0.852. The molecule has 0 saturated carbocycles. The molecule has 1 heterocycles. The van der Waals surface area contributed by atoms with Crippen LogP contribution in [0.4, 0.5) is 0 Å². The van der Waals surface area contributed by atoms with E-state index in [1.165, 1.54) is 18.1 Å². The molecule has 0 aliphatic rings. The van der Waals surface area contributed by atoms with Crippen LogP contribution in [0.25, 0.3) is 0 Å². The Kier molecular flexibility index (Phi) is 2.18. The van der Waals surface area contributed by atoms with Gasteiger partial charge >= 0.3 is 11.1 Å². The lowest BCUT2D eigenvalue weighted by molar-refractivity contribution is -0.108. The normalized spacial score (nSPS) is 9.75. The zero-order valence-electron chi connectivity index (χ0n) is 6.43. The molecule has 0 amide bonds. The molecule has 0 bridgehead atoms. The Morgan fingerprint density at radius 2 is 2.25 bits per heavy atom. The summed E-state index contributed by atoms with van der Waals surface area (Å²) >= 11 is 0. The number of carbonyl (C=O) groups is 1. The molecule has 0 saturated heterocycles. The first-order valence-electron chi connectivity index (χ1n) is 3.23. The second kappa shape index (κ2) is 3.12. The van der Waals surface area contributed by atoms with E-state index in [2.05, 4.69) is 4.98 Å². The summed E-state index contributed by atoms with van der Waals surface area (Å²) in [6.45, 7) is -0.132. The van der Waals surface area contributed by atoms with Crippen molar-refractivity contribution in [1.82, 2.24) is 14.3 Å². The minimum Gasteiger partial charge on any atom is -0.301 e. The first-order chi connectivity index (χ1) is 5.66. The molecule has 6 heteroatoms. The Labute approximate surface area is 67.1 Å². The van der Waals surface area contributed by atoms with Crippen molar-refractivity contribution in [2.24, 2.45) is 7.05 Å². The van der Waals surface area contributed by atoms with Gasteiger partial charge < -0.3 is 4.79 Å². The van der Waals surface area contributed by atoms with Gasteiger partial charge in [0.15, 0.2) is 0 Å². The van der Waals surface area contributed by atoms with E-state index in [1.54, 1.807) is 0 Å². The van der Waals surface area contributed by atoms with Crippen LogP contribution in [-0.2, 0) is 18.4 Å². The summed E-state index contributed by atoms with van der Waals surface area (Å²) in [6, 6.07) is 0. The smallest absolute Gasteiger partial charge is 0.301 e. The maximum absolute atomic E-state index is 11.0. The molecule has 0 fully saturated rings. The average Bonchev–Trinajstić information content (AvgIpc) is 2.06. The molecule has 0 aliphatic heterocycles. The first kappa shape index (κ1) is 8.38. The standard InChI is InChI=1S/C6H7N3O3/c1-8-4-7-5(11)6(12)9(8)2-3-10/h3-4H,2H2,1H3. The van der Waals surface area contributed by atoms with Crippen LogP contribution in [0.3, 0.4) is 0 Å². The van der Waals surface area contributed by atoms with Crippen molar-refractivity contribution in [2.45, 2.75) is 6.54 Å². The summed E-state index contributed by atoms with van der Waals surface area (Å²) in [7, 11) is 1.53. The molecule has 0 N–H and O–H groups in total. The number of rotatable bonds is 2. The van der Waals surface area contributed by atoms with Crippen LogP contribution in [0.15, 0.2) is 15.9 Å². The van der Waals surface area contributed by atoms with E-state index in [-0.39, 0.29) is 6.54 Å². The molecule has 6 nitrogen and oxygen atoms in total. The number of carbonyl (C=O) groups excluding carboxylic acids is 1. The third-order valence-electron chi connectivity index (χ3n) is 1.39. The number of hydrogen-bond acceptors (Lipinski definition) is 4. The fraction of sp³-hybridized carbons (Fsp3) is 0.333. The molecule has 1 aromatic heterocycles. The van der Waals surface area contributed by atoms with Crippen molar-refractivity contribution in [3.8, 4) is 0 Å². The summed E-state index contributed by atoms with van der Waals surface area (Å²) in [5.41, 5.74) is -1.64. The van der Waals surface area contributed by atoms with Crippen LogP contribution in [0.1, 0.15) is 0 Å². The Bertz CT molecular complexity index is 403. The van der Waals surface area contributed by atoms with Gasteiger partial charge in [-0.3, -0.25) is 14.3 Å². The number of nitrogens with zero attached hydrogens (tertiary/aromatic N) is 3. The predicted octanol–water partition coefficient (Wildman–Crippen LogP) is -1.86. The zero-order chi connectivity index (χ0) is 9.14. The van der Waals surface area contributed by atoms with E-state index < -0.39 is 11.1 Å². The summed E-state index contributed by atoms with van der Waals surface area (Å²) in [4.78, 5) is 35.1. The summed E-state index contributed by atoms with van der Waals surface area (Å²) in [5, 5.41) is 0. The lowest BCUT2D eigenvalue weighted by Gasteiger charge is -2.05. The van der Waals surface area contributed by atoms with E-state index in [4.69, 9.17) is 0 Å².